The normalized spacial score (nSPS) is 15.6. The number of amides is 2. The number of anilines is 1. The lowest BCUT2D eigenvalue weighted by molar-refractivity contribution is -0.136. The van der Waals surface area contributed by atoms with Crippen LogP contribution in [0.1, 0.15) is 18.4 Å². The van der Waals surface area contributed by atoms with Crippen LogP contribution < -0.4 is 10.6 Å². The largest absolute Gasteiger partial charge is 0.396 e. The average molecular weight is 297 g/mol. The number of aliphatic hydroxyl groups excluding tert-OH is 1. The summed E-state index contributed by atoms with van der Waals surface area (Å²) in [4.78, 5) is 23.4. The fourth-order valence-electron chi connectivity index (χ4n) is 1.86. The number of hydrogen-bond acceptors (Lipinski definition) is 3. The monoisotopic (exact) mass is 296 g/mol. The predicted molar refractivity (Wildman–Crippen MR) is 76.6 cm³/mol. The molecule has 108 valence electrons. The quantitative estimate of drug-likeness (QED) is 0.736. The van der Waals surface area contributed by atoms with Gasteiger partial charge in [0, 0.05) is 22.7 Å². The minimum atomic E-state index is -0.718. The maximum atomic E-state index is 11.8. The van der Waals surface area contributed by atoms with Gasteiger partial charge in [0.25, 0.3) is 0 Å². The molecule has 1 aromatic carbocycles. The summed E-state index contributed by atoms with van der Waals surface area (Å²) < 4.78 is 0. The Bertz CT molecular complexity index is 541. The molecule has 0 aliphatic heterocycles. The Labute approximate surface area is 122 Å². The highest BCUT2D eigenvalue weighted by atomic mass is 35.5. The molecule has 0 radical (unpaired) electrons. The third-order valence-corrected chi connectivity index (χ3v) is 3.79. The molecule has 2 amide bonds. The number of aliphatic hydroxyl groups is 1. The van der Waals surface area contributed by atoms with Crippen molar-refractivity contribution in [2.24, 2.45) is 5.41 Å². The van der Waals surface area contributed by atoms with Crippen molar-refractivity contribution >= 4 is 29.1 Å². The fraction of sp³-hybridized carbons (Fsp3) is 0.429. The van der Waals surface area contributed by atoms with Crippen molar-refractivity contribution in [2.45, 2.75) is 19.8 Å². The molecule has 0 aromatic heterocycles. The molecule has 1 aliphatic rings. The Morgan fingerprint density at radius 3 is 2.60 bits per heavy atom. The van der Waals surface area contributed by atoms with Gasteiger partial charge in [-0.05, 0) is 43.5 Å². The van der Waals surface area contributed by atoms with Crippen LogP contribution in [0.3, 0.4) is 0 Å². The first kappa shape index (κ1) is 14.8. The van der Waals surface area contributed by atoms with Gasteiger partial charge in [0.2, 0.25) is 0 Å². The molecule has 0 unspecified atom stereocenters. The van der Waals surface area contributed by atoms with E-state index < -0.39 is 11.8 Å². The lowest BCUT2D eigenvalue weighted by atomic mass is 10.1. The number of halogens is 1. The fourth-order valence-corrected chi connectivity index (χ4v) is 2.09. The van der Waals surface area contributed by atoms with Crippen molar-refractivity contribution in [1.29, 1.82) is 0 Å². The van der Waals surface area contributed by atoms with Crippen LogP contribution in [0.5, 0.6) is 0 Å². The summed E-state index contributed by atoms with van der Waals surface area (Å²) in [6.07, 6.45) is 1.75. The molecule has 0 bridgehead atoms. The Kier molecular flexibility index (Phi) is 4.30. The van der Waals surface area contributed by atoms with Gasteiger partial charge in [-0.15, -0.1) is 0 Å². The Morgan fingerprint density at radius 2 is 2.05 bits per heavy atom. The molecule has 5 nitrogen and oxygen atoms in total. The first-order valence-electron chi connectivity index (χ1n) is 6.42. The van der Waals surface area contributed by atoms with E-state index in [0.717, 1.165) is 18.4 Å². The smallest absolute Gasteiger partial charge is 0.313 e. The van der Waals surface area contributed by atoms with Crippen LogP contribution in [0, 0.1) is 12.3 Å². The van der Waals surface area contributed by atoms with E-state index in [9.17, 15) is 9.59 Å². The van der Waals surface area contributed by atoms with Crippen molar-refractivity contribution < 1.29 is 14.7 Å². The van der Waals surface area contributed by atoms with Crippen LogP contribution in [0.25, 0.3) is 0 Å². The average Bonchev–Trinajstić information content (AvgIpc) is 3.20. The lowest BCUT2D eigenvalue weighted by Crippen LogP contribution is -2.39. The first-order chi connectivity index (χ1) is 9.46. The topological polar surface area (TPSA) is 78.4 Å². The van der Waals surface area contributed by atoms with Gasteiger partial charge >= 0.3 is 11.8 Å². The van der Waals surface area contributed by atoms with Crippen LogP contribution in [0.2, 0.25) is 5.02 Å². The van der Waals surface area contributed by atoms with Gasteiger partial charge in [0.1, 0.15) is 0 Å². The van der Waals surface area contributed by atoms with Gasteiger partial charge in [0.15, 0.2) is 0 Å². The molecule has 0 heterocycles. The zero-order valence-corrected chi connectivity index (χ0v) is 12.0. The highest BCUT2D eigenvalue weighted by Gasteiger charge is 2.42. The third-order valence-electron chi connectivity index (χ3n) is 3.56. The summed E-state index contributed by atoms with van der Waals surface area (Å²) >= 11 is 5.82. The number of aryl methyl sites for hydroxylation is 1. The third kappa shape index (κ3) is 3.49. The summed E-state index contributed by atoms with van der Waals surface area (Å²) in [5.74, 6) is -1.41. The van der Waals surface area contributed by atoms with Crippen LogP contribution in [-0.4, -0.2) is 30.1 Å². The van der Waals surface area contributed by atoms with Gasteiger partial charge in [-0.25, -0.2) is 0 Å². The predicted octanol–water partition coefficient (Wildman–Crippen LogP) is 1.48. The number of rotatable bonds is 4. The van der Waals surface area contributed by atoms with E-state index in [1.54, 1.807) is 25.1 Å². The van der Waals surface area contributed by atoms with Crippen molar-refractivity contribution in [3.63, 3.8) is 0 Å². The van der Waals surface area contributed by atoms with Crippen LogP contribution >= 0.6 is 11.6 Å². The number of carbonyl (C=O) groups is 2. The molecule has 1 aromatic rings. The summed E-state index contributed by atoms with van der Waals surface area (Å²) in [6, 6.07) is 5.01. The van der Waals surface area contributed by atoms with E-state index in [-0.39, 0.29) is 12.0 Å². The molecule has 6 heteroatoms. The van der Waals surface area contributed by atoms with Crippen molar-refractivity contribution in [1.82, 2.24) is 5.32 Å². The molecule has 20 heavy (non-hydrogen) atoms. The number of nitrogens with one attached hydrogen (secondary N) is 2. The van der Waals surface area contributed by atoms with Crippen molar-refractivity contribution in [3.8, 4) is 0 Å². The van der Waals surface area contributed by atoms with Crippen LogP contribution in [0.4, 0.5) is 5.69 Å². The second-order valence-electron chi connectivity index (χ2n) is 5.25. The number of hydrogen-bond donors (Lipinski definition) is 3. The second-order valence-corrected chi connectivity index (χ2v) is 5.69. The molecule has 3 N–H and O–H groups in total. The zero-order chi connectivity index (χ0) is 14.8. The zero-order valence-electron chi connectivity index (χ0n) is 11.2. The van der Waals surface area contributed by atoms with Crippen molar-refractivity contribution in [2.75, 3.05) is 18.5 Å². The standard InChI is InChI=1S/C14H17ClN2O3/c1-9-6-10(15)2-3-11(9)17-13(20)12(19)16-7-14(8-18)4-5-14/h2-3,6,18H,4-5,7-8H2,1H3,(H,16,19)(H,17,20). The lowest BCUT2D eigenvalue weighted by Gasteiger charge is -2.13. The van der Waals surface area contributed by atoms with Gasteiger partial charge in [-0.3, -0.25) is 9.59 Å². The number of carbonyl (C=O) groups excluding carboxylic acids is 2. The molecule has 1 aliphatic carbocycles. The van der Waals surface area contributed by atoms with E-state index in [0.29, 0.717) is 17.3 Å². The second kappa shape index (κ2) is 5.81. The summed E-state index contributed by atoms with van der Waals surface area (Å²) in [5.41, 5.74) is 1.12. The van der Waals surface area contributed by atoms with Gasteiger partial charge in [-0.2, -0.15) is 0 Å². The summed E-state index contributed by atoms with van der Waals surface area (Å²) in [5, 5.41) is 14.8. The Balaban J connectivity index is 1.89. The molecule has 2 rings (SSSR count). The van der Waals surface area contributed by atoms with Gasteiger partial charge in [0.05, 0.1) is 6.61 Å². The molecule has 0 atom stereocenters. The highest BCUT2D eigenvalue weighted by Crippen LogP contribution is 2.44. The van der Waals surface area contributed by atoms with Crippen molar-refractivity contribution in [3.05, 3.63) is 28.8 Å². The van der Waals surface area contributed by atoms with E-state index >= 15 is 0 Å². The maximum absolute atomic E-state index is 11.8. The minimum absolute atomic E-state index is 0.0329. The molecular weight excluding hydrogens is 280 g/mol. The Morgan fingerprint density at radius 1 is 1.35 bits per heavy atom. The van der Waals surface area contributed by atoms with E-state index in [2.05, 4.69) is 10.6 Å². The summed E-state index contributed by atoms with van der Waals surface area (Å²) in [7, 11) is 0. The van der Waals surface area contributed by atoms with Gasteiger partial charge in [-0.1, -0.05) is 11.6 Å². The van der Waals surface area contributed by atoms with Crippen LogP contribution in [0.15, 0.2) is 18.2 Å². The van der Waals surface area contributed by atoms with E-state index in [1.807, 2.05) is 0 Å². The molecule has 1 saturated carbocycles. The maximum Gasteiger partial charge on any atom is 0.313 e. The van der Waals surface area contributed by atoms with Crippen LogP contribution in [-0.2, 0) is 9.59 Å². The SMILES string of the molecule is Cc1cc(Cl)ccc1NC(=O)C(=O)NCC1(CO)CC1. The van der Waals surface area contributed by atoms with E-state index in [4.69, 9.17) is 16.7 Å². The Hall–Kier alpha value is -1.59. The van der Waals surface area contributed by atoms with Gasteiger partial charge < -0.3 is 15.7 Å². The first-order valence-corrected chi connectivity index (χ1v) is 6.80. The molecule has 0 spiro atoms. The molecule has 1 fully saturated rings. The molecule has 0 saturated heterocycles. The molecular formula is C14H17ClN2O3. The van der Waals surface area contributed by atoms with E-state index in [1.165, 1.54) is 0 Å². The summed E-state index contributed by atoms with van der Waals surface area (Å²) in [6.45, 7) is 2.16. The number of benzene rings is 1. The minimum Gasteiger partial charge on any atom is -0.396 e. The highest BCUT2D eigenvalue weighted by molar-refractivity contribution is 6.39.